The maximum absolute atomic E-state index is 13.9. The van der Waals surface area contributed by atoms with E-state index in [4.69, 9.17) is 0 Å². The van der Waals surface area contributed by atoms with Gasteiger partial charge in [0.1, 0.15) is 5.82 Å². The number of aromatic carboxylic acids is 1. The molecule has 0 saturated carbocycles. The van der Waals surface area contributed by atoms with Crippen molar-refractivity contribution in [2.24, 2.45) is 0 Å². The summed E-state index contributed by atoms with van der Waals surface area (Å²) in [7, 11) is 0. The number of anilines is 1. The normalized spacial score (nSPS) is 15.2. The summed E-state index contributed by atoms with van der Waals surface area (Å²) in [6, 6.07) is 3.87. The van der Waals surface area contributed by atoms with Gasteiger partial charge in [-0.15, -0.1) is 0 Å². The number of halogens is 3. The number of aromatic nitrogens is 2. The van der Waals surface area contributed by atoms with E-state index in [0.717, 1.165) is 6.07 Å². The first-order valence-electron chi connectivity index (χ1n) is 9.62. The summed E-state index contributed by atoms with van der Waals surface area (Å²) < 4.78 is 43.1. The fourth-order valence-corrected chi connectivity index (χ4v) is 3.73. The highest BCUT2D eigenvalue weighted by atomic mass is 19.4. The Morgan fingerprint density at radius 1 is 1.23 bits per heavy atom. The van der Waals surface area contributed by atoms with Crippen LogP contribution in [-0.4, -0.2) is 33.1 Å². The molecule has 0 aliphatic carbocycles. The first-order chi connectivity index (χ1) is 13.8. The van der Waals surface area contributed by atoms with E-state index in [1.165, 1.54) is 28.5 Å². The van der Waals surface area contributed by atoms with Gasteiger partial charge in [0.05, 0.1) is 5.56 Å². The van der Waals surface area contributed by atoms with Crippen molar-refractivity contribution in [3.8, 4) is 0 Å². The number of nitrogens with zero attached hydrogens (tertiary/aromatic N) is 3. The number of hydrogen-bond acceptors (Lipinski definition) is 3. The van der Waals surface area contributed by atoms with Gasteiger partial charge in [-0.1, -0.05) is 26.8 Å². The van der Waals surface area contributed by atoms with Gasteiger partial charge in [0.15, 0.2) is 5.69 Å². The minimum Gasteiger partial charge on any atom is -0.476 e. The molecule has 1 aliphatic rings. The van der Waals surface area contributed by atoms with Gasteiger partial charge in [0.25, 0.3) is 0 Å². The summed E-state index contributed by atoms with van der Waals surface area (Å²) in [6.45, 7) is 7.22. The van der Waals surface area contributed by atoms with Crippen LogP contribution in [-0.2, 0) is 22.9 Å². The zero-order valence-electron chi connectivity index (χ0n) is 17.3. The van der Waals surface area contributed by atoms with Crippen LogP contribution < -0.4 is 4.90 Å². The zero-order valence-corrected chi connectivity index (χ0v) is 17.3. The largest absolute Gasteiger partial charge is 0.476 e. The molecule has 2 heterocycles. The van der Waals surface area contributed by atoms with Gasteiger partial charge in [0, 0.05) is 36.3 Å². The van der Waals surface area contributed by atoms with E-state index in [1.54, 1.807) is 0 Å². The number of imidazole rings is 1. The molecule has 0 radical (unpaired) electrons. The minimum absolute atomic E-state index is 0.0131. The van der Waals surface area contributed by atoms with Crippen molar-refractivity contribution in [1.82, 2.24) is 9.55 Å². The van der Waals surface area contributed by atoms with Crippen LogP contribution in [0.2, 0.25) is 0 Å². The van der Waals surface area contributed by atoms with Gasteiger partial charge in [0.2, 0.25) is 5.91 Å². The fourth-order valence-electron chi connectivity index (χ4n) is 3.73. The van der Waals surface area contributed by atoms with Gasteiger partial charge in [-0.2, -0.15) is 13.2 Å². The molecule has 1 aromatic heterocycles. The number of carboxylic acids is 1. The molecule has 0 unspecified atom stereocenters. The molecule has 0 bridgehead atoms. The van der Waals surface area contributed by atoms with Gasteiger partial charge >= 0.3 is 12.1 Å². The summed E-state index contributed by atoms with van der Waals surface area (Å²) in [6.07, 6.45) is -3.69. The third kappa shape index (κ3) is 4.06. The van der Waals surface area contributed by atoms with Crippen molar-refractivity contribution >= 4 is 17.6 Å². The quantitative estimate of drug-likeness (QED) is 0.792. The Morgan fingerprint density at radius 2 is 1.90 bits per heavy atom. The van der Waals surface area contributed by atoms with E-state index in [1.807, 2.05) is 20.8 Å². The van der Waals surface area contributed by atoms with E-state index >= 15 is 0 Å². The molecule has 9 heteroatoms. The summed E-state index contributed by atoms with van der Waals surface area (Å²) in [4.78, 5) is 29.0. The second-order valence-electron chi connectivity index (χ2n) is 8.50. The van der Waals surface area contributed by atoms with Gasteiger partial charge in [-0.05, 0) is 31.0 Å². The highest BCUT2D eigenvalue weighted by Crippen LogP contribution is 2.37. The van der Waals surface area contributed by atoms with Crippen molar-refractivity contribution < 1.29 is 27.9 Å². The molecule has 1 N–H and O–H groups in total. The molecule has 0 atom stereocenters. The van der Waals surface area contributed by atoms with Crippen molar-refractivity contribution in [3.63, 3.8) is 0 Å². The van der Waals surface area contributed by atoms with E-state index in [0.29, 0.717) is 30.9 Å². The first kappa shape index (κ1) is 21.9. The predicted molar refractivity (Wildman–Crippen MR) is 105 cm³/mol. The molecule has 162 valence electrons. The number of hydrogen-bond donors (Lipinski definition) is 1. The van der Waals surface area contributed by atoms with E-state index in [2.05, 4.69) is 4.98 Å². The van der Waals surface area contributed by atoms with Crippen LogP contribution in [0, 0.1) is 6.92 Å². The van der Waals surface area contributed by atoms with Crippen LogP contribution in [0.5, 0.6) is 0 Å². The maximum Gasteiger partial charge on any atom is 0.416 e. The Bertz CT molecular complexity index is 1000. The molecule has 3 rings (SSSR count). The average Bonchev–Trinajstić information content (AvgIpc) is 3.18. The van der Waals surface area contributed by atoms with Crippen LogP contribution in [0.25, 0.3) is 0 Å². The number of alkyl halides is 3. The van der Waals surface area contributed by atoms with Crippen LogP contribution in [0.3, 0.4) is 0 Å². The van der Waals surface area contributed by atoms with Crippen molar-refractivity contribution in [1.29, 1.82) is 0 Å². The Balaban J connectivity index is 2.11. The van der Waals surface area contributed by atoms with Crippen molar-refractivity contribution in [2.45, 2.75) is 58.7 Å². The van der Waals surface area contributed by atoms with E-state index < -0.39 is 23.1 Å². The standard InChI is InChI=1S/C21H24F3N3O3/c1-12-17(18(29)30)25-19(20(2,3)4)27(12)11-13-7-8-14(10-15(13)21(22,23)24)26-9-5-6-16(26)28/h7-8,10H,5-6,9,11H2,1-4H3,(H,29,30). The number of carbonyl (C=O) groups is 2. The van der Waals surface area contributed by atoms with Gasteiger partial charge in [-0.25, -0.2) is 9.78 Å². The minimum atomic E-state index is -4.62. The molecule has 1 fully saturated rings. The second kappa shape index (κ2) is 7.45. The SMILES string of the molecule is Cc1c(C(=O)O)nc(C(C)(C)C)n1Cc1ccc(N2CCCC2=O)cc1C(F)(F)F. The molecule has 1 aliphatic heterocycles. The predicted octanol–water partition coefficient (Wildman–Crippen LogP) is 4.38. The van der Waals surface area contributed by atoms with E-state index in [9.17, 15) is 27.9 Å². The molecule has 0 spiro atoms. The van der Waals surface area contributed by atoms with Crippen LogP contribution in [0.15, 0.2) is 18.2 Å². The summed E-state index contributed by atoms with van der Waals surface area (Å²) in [5.74, 6) is -1.03. The zero-order chi connectivity index (χ0) is 22.4. The summed E-state index contributed by atoms with van der Waals surface area (Å²) >= 11 is 0. The Hall–Kier alpha value is -2.84. The highest BCUT2D eigenvalue weighted by molar-refractivity contribution is 5.95. The lowest BCUT2D eigenvalue weighted by molar-refractivity contribution is -0.138. The third-order valence-electron chi connectivity index (χ3n) is 5.21. The topological polar surface area (TPSA) is 75.4 Å². The lowest BCUT2D eigenvalue weighted by atomic mass is 9.95. The number of carboxylic acid groups (broad SMARTS) is 1. The molecular formula is C21H24F3N3O3. The Morgan fingerprint density at radius 3 is 2.40 bits per heavy atom. The fraction of sp³-hybridized carbons (Fsp3) is 0.476. The Kier molecular flexibility index (Phi) is 5.43. The van der Waals surface area contributed by atoms with Gasteiger partial charge in [-0.3, -0.25) is 4.79 Å². The van der Waals surface area contributed by atoms with Crippen LogP contribution >= 0.6 is 0 Å². The molecule has 1 amide bonds. The second-order valence-corrected chi connectivity index (χ2v) is 8.50. The molecule has 30 heavy (non-hydrogen) atoms. The van der Waals surface area contributed by atoms with Crippen molar-refractivity contribution in [2.75, 3.05) is 11.4 Å². The smallest absolute Gasteiger partial charge is 0.416 e. The van der Waals surface area contributed by atoms with Crippen molar-refractivity contribution in [3.05, 3.63) is 46.5 Å². The molecule has 1 aromatic carbocycles. The molecular weight excluding hydrogens is 399 g/mol. The number of carbonyl (C=O) groups excluding carboxylic acids is 1. The van der Waals surface area contributed by atoms with Crippen LogP contribution in [0.1, 0.15) is 66.7 Å². The Labute approximate surface area is 172 Å². The lowest BCUT2D eigenvalue weighted by Gasteiger charge is -2.23. The van der Waals surface area contributed by atoms with E-state index in [-0.39, 0.29) is 29.4 Å². The average molecular weight is 423 g/mol. The molecule has 1 saturated heterocycles. The summed E-state index contributed by atoms with van der Waals surface area (Å²) in [5, 5.41) is 9.41. The lowest BCUT2D eigenvalue weighted by Crippen LogP contribution is -2.25. The number of benzene rings is 1. The number of rotatable bonds is 4. The molecule has 2 aromatic rings. The molecule has 6 nitrogen and oxygen atoms in total. The van der Waals surface area contributed by atoms with Crippen LogP contribution in [0.4, 0.5) is 18.9 Å². The summed E-state index contributed by atoms with van der Waals surface area (Å²) in [5.41, 5.74) is -1.09. The first-order valence-corrected chi connectivity index (χ1v) is 9.62. The monoisotopic (exact) mass is 423 g/mol. The highest BCUT2D eigenvalue weighted by Gasteiger charge is 2.36. The third-order valence-corrected chi connectivity index (χ3v) is 5.21. The number of amides is 1. The van der Waals surface area contributed by atoms with Gasteiger partial charge < -0.3 is 14.6 Å². The maximum atomic E-state index is 13.9.